The van der Waals surface area contributed by atoms with Gasteiger partial charge >= 0.3 is 0 Å². The number of likely N-dealkylation sites (tertiary alicyclic amines) is 1. The zero-order valence-electron chi connectivity index (χ0n) is 17.1. The Balaban J connectivity index is 1.39. The predicted octanol–water partition coefficient (Wildman–Crippen LogP) is 3.40. The summed E-state index contributed by atoms with van der Waals surface area (Å²) in [5.41, 5.74) is 1.89. The van der Waals surface area contributed by atoms with Crippen molar-refractivity contribution in [2.24, 2.45) is 5.92 Å². The molecule has 0 bridgehead atoms. The second kappa shape index (κ2) is 9.96. The molecule has 0 aromatic heterocycles. The van der Waals surface area contributed by atoms with Crippen LogP contribution < -0.4 is 15.0 Å². The van der Waals surface area contributed by atoms with Crippen molar-refractivity contribution < 1.29 is 14.3 Å². The lowest BCUT2D eigenvalue weighted by molar-refractivity contribution is -0.135. The average Bonchev–Trinajstić information content (AvgIpc) is 2.75. The van der Waals surface area contributed by atoms with Gasteiger partial charge < -0.3 is 19.9 Å². The molecule has 1 aliphatic rings. The highest BCUT2D eigenvalue weighted by atomic mass is 16.5. The maximum Gasteiger partial charge on any atom is 0.227 e. The van der Waals surface area contributed by atoms with E-state index >= 15 is 0 Å². The minimum atomic E-state index is -0.0619. The van der Waals surface area contributed by atoms with Gasteiger partial charge in [0, 0.05) is 44.5 Å². The number of ether oxygens (including phenoxy) is 1. The molecular weight excluding hydrogens is 366 g/mol. The molecule has 1 N–H and O–H groups in total. The Hall–Kier alpha value is -3.02. The highest BCUT2D eigenvalue weighted by Crippen LogP contribution is 2.21. The van der Waals surface area contributed by atoms with Gasteiger partial charge in [-0.15, -0.1) is 0 Å². The molecule has 2 aromatic rings. The lowest BCUT2D eigenvalue weighted by atomic mass is 9.95. The Bertz CT molecular complexity index is 798. The van der Waals surface area contributed by atoms with E-state index in [0.717, 1.165) is 17.1 Å². The number of anilines is 2. The summed E-state index contributed by atoms with van der Waals surface area (Å²) in [6.07, 6.45) is 1.73. The van der Waals surface area contributed by atoms with Crippen LogP contribution in [0.25, 0.3) is 0 Å². The van der Waals surface area contributed by atoms with E-state index in [1.807, 2.05) is 78.5 Å². The van der Waals surface area contributed by atoms with Gasteiger partial charge in [0.05, 0.1) is 13.0 Å². The van der Waals surface area contributed by atoms with Gasteiger partial charge in [-0.25, -0.2) is 0 Å². The fourth-order valence-electron chi connectivity index (χ4n) is 3.41. The lowest BCUT2D eigenvalue weighted by Gasteiger charge is -2.31. The second-order valence-electron chi connectivity index (χ2n) is 7.50. The highest BCUT2D eigenvalue weighted by molar-refractivity contribution is 5.93. The van der Waals surface area contributed by atoms with Crippen LogP contribution >= 0.6 is 0 Å². The zero-order chi connectivity index (χ0) is 20.6. The first-order valence-corrected chi connectivity index (χ1v) is 10.1. The van der Waals surface area contributed by atoms with Crippen LogP contribution in [0.2, 0.25) is 0 Å². The molecule has 1 aliphatic heterocycles. The molecule has 3 rings (SSSR count). The molecule has 6 nitrogen and oxygen atoms in total. The van der Waals surface area contributed by atoms with Crippen LogP contribution in [0.15, 0.2) is 54.6 Å². The molecule has 1 fully saturated rings. The van der Waals surface area contributed by atoms with E-state index in [1.165, 1.54) is 0 Å². The summed E-state index contributed by atoms with van der Waals surface area (Å²) in [4.78, 5) is 28.8. The highest BCUT2D eigenvalue weighted by Gasteiger charge is 2.27. The molecule has 0 spiro atoms. The summed E-state index contributed by atoms with van der Waals surface area (Å²) in [6.45, 7) is 1.59. The minimum Gasteiger partial charge on any atom is -0.493 e. The van der Waals surface area contributed by atoms with E-state index in [4.69, 9.17) is 4.74 Å². The smallest absolute Gasteiger partial charge is 0.227 e. The average molecular weight is 396 g/mol. The summed E-state index contributed by atoms with van der Waals surface area (Å²) in [7, 11) is 3.97. The fraction of sp³-hybridized carbons (Fsp3) is 0.391. The summed E-state index contributed by atoms with van der Waals surface area (Å²) in [5.74, 6) is 0.823. The number of rotatable bonds is 7. The molecular formula is C23H29N3O3. The summed E-state index contributed by atoms with van der Waals surface area (Å²) < 4.78 is 5.60. The molecule has 2 amide bonds. The normalized spacial score (nSPS) is 14.3. The van der Waals surface area contributed by atoms with Crippen molar-refractivity contribution in [3.05, 3.63) is 54.6 Å². The van der Waals surface area contributed by atoms with Crippen molar-refractivity contribution in [2.75, 3.05) is 44.0 Å². The number of hydrogen-bond acceptors (Lipinski definition) is 4. The quantitative estimate of drug-likeness (QED) is 0.781. The Morgan fingerprint density at radius 1 is 1.03 bits per heavy atom. The molecule has 1 saturated heterocycles. The van der Waals surface area contributed by atoms with Crippen LogP contribution in [0.1, 0.15) is 19.3 Å². The first-order chi connectivity index (χ1) is 14.0. The monoisotopic (exact) mass is 395 g/mol. The van der Waals surface area contributed by atoms with E-state index < -0.39 is 0 Å². The Morgan fingerprint density at radius 3 is 2.31 bits per heavy atom. The Morgan fingerprint density at radius 2 is 1.69 bits per heavy atom. The molecule has 0 unspecified atom stereocenters. The van der Waals surface area contributed by atoms with Gasteiger partial charge in [0.25, 0.3) is 0 Å². The number of amides is 2. The van der Waals surface area contributed by atoms with Gasteiger partial charge in [0.1, 0.15) is 5.75 Å². The molecule has 2 aromatic carbocycles. The maximum atomic E-state index is 12.5. The molecule has 0 aliphatic carbocycles. The lowest BCUT2D eigenvalue weighted by Crippen LogP contribution is -2.41. The van der Waals surface area contributed by atoms with Crippen molar-refractivity contribution >= 4 is 23.2 Å². The van der Waals surface area contributed by atoms with E-state index in [2.05, 4.69) is 5.32 Å². The number of carbonyl (C=O) groups is 2. The predicted molar refractivity (Wildman–Crippen MR) is 115 cm³/mol. The van der Waals surface area contributed by atoms with Crippen LogP contribution in [-0.4, -0.2) is 50.5 Å². The summed E-state index contributed by atoms with van der Waals surface area (Å²) >= 11 is 0. The van der Waals surface area contributed by atoms with Gasteiger partial charge in [0.2, 0.25) is 11.8 Å². The third-order valence-corrected chi connectivity index (χ3v) is 5.20. The number of piperidine rings is 1. The van der Waals surface area contributed by atoms with E-state index in [0.29, 0.717) is 39.0 Å². The molecule has 0 radical (unpaired) electrons. The van der Waals surface area contributed by atoms with Crippen LogP contribution in [0.3, 0.4) is 0 Å². The van der Waals surface area contributed by atoms with Gasteiger partial charge in [-0.05, 0) is 49.2 Å². The van der Waals surface area contributed by atoms with Gasteiger partial charge in [-0.1, -0.05) is 18.2 Å². The second-order valence-corrected chi connectivity index (χ2v) is 7.50. The van der Waals surface area contributed by atoms with Crippen LogP contribution in [-0.2, 0) is 9.59 Å². The van der Waals surface area contributed by atoms with Crippen molar-refractivity contribution in [3.63, 3.8) is 0 Å². The van der Waals surface area contributed by atoms with Crippen LogP contribution in [0, 0.1) is 5.92 Å². The summed E-state index contributed by atoms with van der Waals surface area (Å²) in [6, 6.07) is 17.3. The third-order valence-electron chi connectivity index (χ3n) is 5.20. The fourth-order valence-corrected chi connectivity index (χ4v) is 3.41. The van der Waals surface area contributed by atoms with Crippen molar-refractivity contribution in [1.29, 1.82) is 0 Å². The number of para-hydroxylation sites is 1. The van der Waals surface area contributed by atoms with E-state index in [9.17, 15) is 9.59 Å². The number of benzene rings is 2. The van der Waals surface area contributed by atoms with Crippen molar-refractivity contribution in [1.82, 2.24) is 4.90 Å². The van der Waals surface area contributed by atoms with Crippen molar-refractivity contribution in [2.45, 2.75) is 19.3 Å². The van der Waals surface area contributed by atoms with Gasteiger partial charge in [-0.3, -0.25) is 9.59 Å². The molecule has 29 heavy (non-hydrogen) atoms. The maximum absolute atomic E-state index is 12.5. The van der Waals surface area contributed by atoms with Gasteiger partial charge in [-0.2, -0.15) is 0 Å². The zero-order valence-corrected chi connectivity index (χ0v) is 17.1. The number of nitrogens with zero attached hydrogens (tertiary/aromatic N) is 2. The van der Waals surface area contributed by atoms with E-state index in [1.54, 1.807) is 0 Å². The number of carbonyl (C=O) groups excluding carboxylic acids is 2. The first kappa shape index (κ1) is 20.7. The molecule has 1 heterocycles. The van der Waals surface area contributed by atoms with Crippen molar-refractivity contribution in [3.8, 4) is 5.75 Å². The molecule has 6 heteroatoms. The number of nitrogens with one attached hydrogen (secondary N) is 1. The Kier molecular flexibility index (Phi) is 7.11. The number of hydrogen-bond donors (Lipinski definition) is 1. The molecule has 154 valence electrons. The van der Waals surface area contributed by atoms with Gasteiger partial charge in [0.15, 0.2) is 0 Å². The standard InChI is InChI=1S/C23H29N3O3/c1-25(2)20-10-8-19(9-11-20)24-23(28)18-12-15-26(16-13-18)22(27)14-17-29-21-6-4-3-5-7-21/h3-11,18H,12-17H2,1-2H3,(H,24,28). The van der Waals surface area contributed by atoms with Crippen LogP contribution in [0.4, 0.5) is 11.4 Å². The first-order valence-electron chi connectivity index (χ1n) is 10.1. The Labute approximate surface area is 172 Å². The molecule has 0 atom stereocenters. The van der Waals surface area contributed by atoms with Crippen LogP contribution in [0.5, 0.6) is 5.75 Å². The largest absolute Gasteiger partial charge is 0.493 e. The van der Waals surface area contributed by atoms with E-state index in [-0.39, 0.29) is 17.7 Å². The third kappa shape index (κ3) is 5.98. The minimum absolute atomic E-state index is 0.0297. The topological polar surface area (TPSA) is 61.9 Å². The SMILES string of the molecule is CN(C)c1ccc(NC(=O)C2CCN(C(=O)CCOc3ccccc3)CC2)cc1. The summed E-state index contributed by atoms with van der Waals surface area (Å²) in [5, 5.41) is 2.99. The molecule has 0 saturated carbocycles.